The summed E-state index contributed by atoms with van der Waals surface area (Å²) in [6, 6.07) is 7.70. The molecule has 1 saturated carbocycles. The van der Waals surface area contributed by atoms with E-state index in [4.69, 9.17) is 11.6 Å². The molecule has 6 heteroatoms. The molecule has 0 aromatic heterocycles. The van der Waals surface area contributed by atoms with Crippen molar-refractivity contribution in [2.24, 2.45) is 0 Å². The van der Waals surface area contributed by atoms with Crippen LogP contribution in [0.5, 0.6) is 0 Å². The molecule has 1 aromatic carbocycles. The van der Waals surface area contributed by atoms with E-state index in [0.29, 0.717) is 24.2 Å². The number of nitrogens with zero attached hydrogens (tertiary/aromatic N) is 1. The van der Waals surface area contributed by atoms with Crippen LogP contribution in [-0.2, 0) is 16.1 Å². The van der Waals surface area contributed by atoms with Gasteiger partial charge in [0.2, 0.25) is 11.8 Å². The maximum atomic E-state index is 12.0. The Kier molecular flexibility index (Phi) is 6.21. The molecule has 120 valence electrons. The largest absolute Gasteiger partial charge is 0.352 e. The van der Waals surface area contributed by atoms with Crippen molar-refractivity contribution in [2.45, 2.75) is 32.4 Å². The highest BCUT2D eigenvalue weighted by atomic mass is 35.5. The summed E-state index contributed by atoms with van der Waals surface area (Å²) in [6.07, 6.45) is 2.14. The van der Waals surface area contributed by atoms with Gasteiger partial charge in [-0.05, 0) is 37.1 Å². The molecule has 1 aliphatic carbocycles. The molecule has 2 amide bonds. The van der Waals surface area contributed by atoms with Gasteiger partial charge in [-0.3, -0.25) is 14.5 Å². The van der Waals surface area contributed by atoms with E-state index in [2.05, 4.69) is 10.6 Å². The molecular formula is C16H22ClN3O2. The Morgan fingerprint density at radius 3 is 2.41 bits per heavy atom. The van der Waals surface area contributed by atoms with Crippen molar-refractivity contribution in [1.29, 1.82) is 0 Å². The predicted octanol–water partition coefficient (Wildman–Crippen LogP) is 1.56. The van der Waals surface area contributed by atoms with E-state index in [1.165, 1.54) is 0 Å². The first kappa shape index (κ1) is 16.8. The van der Waals surface area contributed by atoms with Crippen LogP contribution in [0.15, 0.2) is 24.3 Å². The Labute approximate surface area is 136 Å². The van der Waals surface area contributed by atoms with Gasteiger partial charge in [-0.25, -0.2) is 0 Å². The van der Waals surface area contributed by atoms with E-state index >= 15 is 0 Å². The fourth-order valence-electron chi connectivity index (χ4n) is 2.05. The first-order valence-electron chi connectivity index (χ1n) is 7.59. The molecule has 1 fully saturated rings. The number of likely N-dealkylation sites (N-methyl/N-ethyl adjacent to an activating group) is 1. The van der Waals surface area contributed by atoms with Crippen LogP contribution in [0.2, 0.25) is 5.02 Å². The van der Waals surface area contributed by atoms with Crippen LogP contribution in [-0.4, -0.2) is 42.4 Å². The van der Waals surface area contributed by atoms with Crippen LogP contribution in [0, 0.1) is 0 Å². The van der Waals surface area contributed by atoms with Gasteiger partial charge in [0.15, 0.2) is 0 Å². The van der Waals surface area contributed by atoms with Gasteiger partial charge in [0.25, 0.3) is 0 Å². The topological polar surface area (TPSA) is 61.4 Å². The van der Waals surface area contributed by atoms with Crippen LogP contribution in [0.25, 0.3) is 0 Å². The number of halogens is 1. The molecule has 5 nitrogen and oxygen atoms in total. The molecule has 0 saturated heterocycles. The molecule has 1 aromatic rings. The van der Waals surface area contributed by atoms with Gasteiger partial charge in [-0.2, -0.15) is 0 Å². The molecule has 0 radical (unpaired) electrons. The van der Waals surface area contributed by atoms with Gasteiger partial charge in [0.1, 0.15) is 0 Å². The zero-order valence-electron chi connectivity index (χ0n) is 12.8. The summed E-state index contributed by atoms with van der Waals surface area (Å²) in [5.74, 6) is -0.0918. The third-order valence-corrected chi connectivity index (χ3v) is 3.78. The Balaban J connectivity index is 1.71. The SMILES string of the molecule is CCN(CC(=O)NCc1ccc(Cl)cc1)CC(=O)NC1CC1. The fraction of sp³-hybridized carbons (Fsp3) is 0.500. The summed E-state index contributed by atoms with van der Waals surface area (Å²) < 4.78 is 0. The standard InChI is InChI=1S/C16H22ClN3O2/c1-2-20(11-16(22)19-14-7-8-14)10-15(21)18-9-12-3-5-13(17)6-4-12/h3-6,14H,2,7-11H2,1H3,(H,18,21)(H,19,22). The third-order valence-electron chi connectivity index (χ3n) is 3.53. The minimum Gasteiger partial charge on any atom is -0.352 e. The number of hydrogen-bond donors (Lipinski definition) is 2. The number of rotatable bonds is 8. The van der Waals surface area contributed by atoms with Crippen molar-refractivity contribution in [1.82, 2.24) is 15.5 Å². The summed E-state index contributed by atoms with van der Waals surface area (Å²) in [5.41, 5.74) is 0.993. The molecule has 1 aliphatic rings. The molecule has 0 aliphatic heterocycles. The van der Waals surface area contributed by atoms with Crippen LogP contribution < -0.4 is 10.6 Å². The zero-order chi connectivity index (χ0) is 15.9. The van der Waals surface area contributed by atoms with Crippen LogP contribution >= 0.6 is 11.6 Å². The van der Waals surface area contributed by atoms with Gasteiger partial charge in [-0.15, -0.1) is 0 Å². The highest BCUT2D eigenvalue weighted by molar-refractivity contribution is 6.30. The lowest BCUT2D eigenvalue weighted by Gasteiger charge is -2.19. The molecule has 2 N–H and O–H groups in total. The Morgan fingerprint density at radius 2 is 1.82 bits per heavy atom. The van der Waals surface area contributed by atoms with E-state index in [0.717, 1.165) is 18.4 Å². The van der Waals surface area contributed by atoms with E-state index in [9.17, 15) is 9.59 Å². The molecule has 2 rings (SSSR count). The number of benzene rings is 1. The summed E-state index contributed by atoms with van der Waals surface area (Å²) in [6.45, 7) is 3.55. The van der Waals surface area contributed by atoms with Gasteiger partial charge in [-0.1, -0.05) is 30.7 Å². The monoisotopic (exact) mass is 323 g/mol. The average Bonchev–Trinajstić information content (AvgIpc) is 3.29. The summed E-state index contributed by atoms with van der Waals surface area (Å²) in [4.78, 5) is 25.5. The van der Waals surface area contributed by atoms with Crippen molar-refractivity contribution in [3.05, 3.63) is 34.9 Å². The van der Waals surface area contributed by atoms with Crippen molar-refractivity contribution in [3.8, 4) is 0 Å². The average molecular weight is 324 g/mol. The number of amides is 2. The molecule has 0 unspecified atom stereocenters. The summed E-state index contributed by atoms with van der Waals surface area (Å²) in [7, 11) is 0. The van der Waals surface area contributed by atoms with E-state index < -0.39 is 0 Å². The van der Waals surface area contributed by atoms with E-state index in [1.807, 2.05) is 24.0 Å². The first-order valence-corrected chi connectivity index (χ1v) is 7.97. The van der Waals surface area contributed by atoms with Crippen molar-refractivity contribution >= 4 is 23.4 Å². The number of hydrogen-bond acceptors (Lipinski definition) is 3. The second-order valence-corrected chi connectivity index (χ2v) is 5.98. The van der Waals surface area contributed by atoms with Crippen molar-refractivity contribution in [3.63, 3.8) is 0 Å². The predicted molar refractivity (Wildman–Crippen MR) is 86.6 cm³/mol. The highest BCUT2D eigenvalue weighted by Gasteiger charge is 2.24. The Hall–Kier alpha value is -1.59. The first-order chi connectivity index (χ1) is 10.6. The number of nitrogens with one attached hydrogen (secondary N) is 2. The summed E-state index contributed by atoms with van der Waals surface area (Å²) in [5, 5.41) is 6.46. The van der Waals surface area contributed by atoms with Gasteiger partial charge >= 0.3 is 0 Å². The minimum absolute atomic E-state index is 0.00477. The maximum Gasteiger partial charge on any atom is 0.234 e. The summed E-state index contributed by atoms with van der Waals surface area (Å²) >= 11 is 5.82. The van der Waals surface area contributed by atoms with Crippen LogP contribution in [0.3, 0.4) is 0 Å². The molecule has 0 heterocycles. The Morgan fingerprint density at radius 1 is 1.18 bits per heavy atom. The lowest BCUT2D eigenvalue weighted by atomic mass is 10.2. The van der Waals surface area contributed by atoms with Crippen LogP contribution in [0.1, 0.15) is 25.3 Å². The smallest absolute Gasteiger partial charge is 0.234 e. The van der Waals surface area contributed by atoms with E-state index in [1.54, 1.807) is 12.1 Å². The second kappa shape index (κ2) is 8.15. The second-order valence-electron chi connectivity index (χ2n) is 5.55. The van der Waals surface area contributed by atoms with Crippen molar-refractivity contribution in [2.75, 3.05) is 19.6 Å². The zero-order valence-corrected chi connectivity index (χ0v) is 13.5. The molecule has 22 heavy (non-hydrogen) atoms. The molecular weight excluding hydrogens is 302 g/mol. The van der Waals surface area contributed by atoms with Gasteiger partial charge in [0, 0.05) is 17.6 Å². The molecule has 0 spiro atoms. The minimum atomic E-state index is -0.0870. The maximum absolute atomic E-state index is 12.0. The lowest BCUT2D eigenvalue weighted by molar-refractivity contribution is -0.125. The van der Waals surface area contributed by atoms with E-state index in [-0.39, 0.29) is 24.9 Å². The molecule has 0 bridgehead atoms. The highest BCUT2D eigenvalue weighted by Crippen LogP contribution is 2.18. The molecule has 0 atom stereocenters. The lowest BCUT2D eigenvalue weighted by Crippen LogP contribution is -2.43. The number of carbonyl (C=O) groups is 2. The van der Waals surface area contributed by atoms with Gasteiger partial charge in [0.05, 0.1) is 13.1 Å². The fourth-order valence-corrected chi connectivity index (χ4v) is 2.17. The quantitative estimate of drug-likeness (QED) is 0.763. The van der Waals surface area contributed by atoms with Crippen LogP contribution in [0.4, 0.5) is 0 Å². The third kappa shape index (κ3) is 6.03. The van der Waals surface area contributed by atoms with Gasteiger partial charge < -0.3 is 10.6 Å². The number of carbonyl (C=O) groups excluding carboxylic acids is 2. The normalized spacial score (nSPS) is 14.0. The Bertz CT molecular complexity index is 515. The van der Waals surface area contributed by atoms with Crippen molar-refractivity contribution < 1.29 is 9.59 Å².